The van der Waals surface area contributed by atoms with Gasteiger partial charge in [0.25, 0.3) is 0 Å². The van der Waals surface area contributed by atoms with Crippen molar-refractivity contribution in [2.45, 2.75) is 32.8 Å². The zero-order valence-electron chi connectivity index (χ0n) is 8.57. The lowest BCUT2D eigenvalue weighted by molar-refractivity contribution is 0.0511. The lowest BCUT2D eigenvalue weighted by atomic mass is 10.1. The normalized spacial score (nSPS) is 20.0. The third-order valence-electron chi connectivity index (χ3n) is 2.35. The molecule has 1 rings (SSSR count). The van der Waals surface area contributed by atoms with E-state index in [1.165, 1.54) is 0 Å². The van der Waals surface area contributed by atoms with Crippen molar-refractivity contribution in [3.05, 3.63) is 0 Å². The SMILES string of the molecule is CC(C)OCC(CS(=O)(=O)Cl)C1CC1. The second-order valence-electron chi connectivity index (χ2n) is 4.19. The van der Waals surface area contributed by atoms with E-state index >= 15 is 0 Å². The molecule has 1 saturated carbocycles. The van der Waals surface area contributed by atoms with Gasteiger partial charge in [0.1, 0.15) is 0 Å². The van der Waals surface area contributed by atoms with Crippen LogP contribution in [0.5, 0.6) is 0 Å². The first kappa shape index (κ1) is 12.3. The zero-order chi connectivity index (χ0) is 10.8. The zero-order valence-corrected chi connectivity index (χ0v) is 10.1. The highest BCUT2D eigenvalue weighted by Crippen LogP contribution is 2.38. The Balaban J connectivity index is 2.39. The van der Waals surface area contributed by atoms with E-state index in [4.69, 9.17) is 15.4 Å². The van der Waals surface area contributed by atoms with Crippen LogP contribution in [-0.4, -0.2) is 26.9 Å². The first-order chi connectivity index (χ1) is 6.38. The van der Waals surface area contributed by atoms with Crippen molar-refractivity contribution in [1.29, 1.82) is 0 Å². The van der Waals surface area contributed by atoms with Gasteiger partial charge in [-0.1, -0.05) is 0 Å². The predicted octanol–water partition coefficient (Wildman–Crippen LogP) is 2.01. The van der Waals surface area contributed by atoms with Crippen molar-refractivity contribution in [1.82, 2.24) is 0 Å². The Bertz CT molecular complexity index is 270. The molecular formula is C9H17ClO3S. The van der Waals surface area contributed by atoms with Crippen LogP contribution in [-0.2, 0) is 13.8 Å². The Hall–Kier alpha value is 0.200. The smallest absolute Gasteiger partial charge is 0.232 e. The highest BCUT2D eigenvalue weighted by Gasteiger charge is 2.34. The van der Waals surface area contributed by atoms with E-state index in [1.54, 1.807) is 0 Å². The molecular weight excluding hydrogens is 224 g/mol. The number of hydrogen-bond donors (Lipinski definition) is 0. The third-order valence-corrected chi connectivity index (χ3v) is 3.55. The van der Waals surface area contributed by atoms with Crippen LogP contribution in [0, 0.1) is 11.8 Å². The van der Waals surface area contributed by atoms with E-state index < -0.39 is 9.05 Å². The number of hydrogen-bond acceptors (Lipinski definition) is 3. The summed E-state index contributed by atoms with van der Waals surface area (Å²) in [4.78, 5) is 0. The molecule has 1 aliphatic rings. The minimum Gasteiger partial charge on any atom is -0.378 e. The fraction of sp³-hybridized carbons (Fsp3) is 1.00. The van der Waals surface area contributed by atoms with Crippen LogP contribution in [0.15, 0.2) is 0 Å². The highest BCUT2D eigenvalue weighted by atomic mass is 35.7. The molecule has 0 spiro atoms. The first-order valence-electron chi connectivity index (χ1n) is 4.92. The van der Waals surface area contributed by atoms with Gasteiger partial charge in [-0.3, -0.25) is 0 Å². The van der Waals surface area contributed by atoms with Crippen molar-refractivity contribution in [3.63, 3.8) is 0 Å². The molecule has 0 saturated heterocycles. The number of ether oxygens (including phenoxy) is 1. The fourth-order valence-electron chi connectivity index (χ4n) is 1.46. The van der Waals surface area contributed by atoms with E-state index in [9.17, 15) is 8.42 Å². The van der Waals surface area contributed by atoms with Gasteiger partial charge >= 0.3 is 0 Å². The molecule has 14 heavy (non-hydrogen) atoms. The molecule has 1 unspecified atom stereocenters. The number of halogens is 1. The fourth-order valence-corrected chi connectivity index (χ4v) is 2.82. The van der Waals surface area contributed by atoms with Gasteiger partial charge in [-0.25, -0.2) is 8.42 Å². The first-order valence-corrected chi connectivity index (χ1v) is 7.40. The summed E-state index contributed by atoms with van der Waals surface area (Å²) in [6.07, 6.45) is 2.37. The second-order valence-corrected chi connectivity index (χ2v) is 7.01. The molecule has 0 heterocycles. The monoisotopic (exact) mass is 240 g/mol. The van der Waals surface area contributed by atoms with Gasteiger partial charge in [0.05, 0.1) is 18.5 Å². The van der Waals surface area contributed by atoms with Crippen LogP contribution in [0.1, 0.15) is 26.7 Å². The van der Waals surface area contributed by atoms with E-state index in [-0.39, 0.29) is 17.8 Å². The topological polar surface area (TPSA) is 43.4 Å². The maximum Gasteiger partial charge on any atom is 0.232 e. The summed E-state index contributed by atoms with van der Waals surface area (Å²) >= 11 is 0. The maximum atomic E-state index is 10.9. The van der Waals surface area contributed by atoms with Gasteiger partial charge in [0.2, 0.25) is 9.05 Å². The van der Waals surface area contributed by atoms with Crippen molar-refractivity contribution in [2.75, 3.05) is 12.4 Å². The van der Waals surface area contributed by atoms with Crippen LogP contribution >= 0.6 is 10.7 Å². The van der Waals surface area contributed by atoms with E-state index in [1.807, 2.05) is 13.8 Å². The average molecular weight is 241 g/mol. The van der Waals surface area contributed by atoms with Crippen molar-refractivity contribution in [3.8, 4) is 0 Å². The predicted molar refractivity (Wildman–Crippen MR) is 56.9 cm³/mol. The molecule has 1 aliphatic carbocycles. The van der Waals surface area contributed by atoms with Gasteiger partial charge in [-0.05, 0) is 32.6 Å². The molecule has 84 valence electrons. The molecule has 0 bridgehead atoms. The summed E-state index contributed by atoms with van der Waals surface area (Å²) in [6, 6.07) is 0. The molecule has 0 aliphatic heterocycles. The summed E-state index contributed by atoms with van der Waals surface area (Å²) in [6.45, 7) is 4.40. The van der Waals surface area contributed by atoms with Gasteiger partial charge in [-0.2, -0.15) is 0 Å². The molecule has 1 fully saturated rings. The number of rotatable bonds is 6. The van der Waals surface area contributed by atoms with Gasteiger partial charge in [-0.15, -0.1) is 0 Å². The summed E-state index contributed by atoms with van der Waals surface area (Å²) in [5.74, 6) is 0.633. The Morgan fingerprint density at radius 3 is 2.36 bits per heavy atom. The maximum absolute atomic E-state index is 10.9. The van der Waals surface area contributed by atoms with Gasteiger partial charge < -0.3 is 4.74 Å². The molecule has 0 aromatic rings. The van der Waals surface area contributed by atoms with Crippen LogP contribution in [0.4, 0.5) is 0 Å². The summed E-state index contributed by atoms with van der Waals surface area (Å²) < 4.78 is 27.3. The Morgan fingerprint density at radius 2 is 2.00 bits per heavy atom. The molecule has 0 amide bonds. The van der Waals surface area contributed by atoms with Crippen molar-refractivity contribution >= 4 is 19.7 Å². The molecule has 1 atom stereocenters. The van der Waals surface area contributed by atoms with Gasteiger partial charge in [0.15, 0.2) is 0 Å². The highest BCUT2D eigenvalue weighted by molar-refractivity contribution is 8.13. The second kappa shape index (κ2) is 4.81. The van der Waals surface area contributed by atoms with Crippen LogP contribution in [0.3, 0.4) is 0 Å². The van der Waals surface area contributed by atoms with Crippen LogP contribution in [0.25, 0.3) is 0 Å². The summed E-state index contributed by atoms with van der Waals surface area (Å²) in [7, 11) is 1.85. The third kappa shape index (κ3) is 5.17. The van der Waals surface area contributed by atoms with Gasteiger partial charge in [0, 0.05) is 16.6 Å². The van der Waals surface area contributed by atoms with Crippen molar-refractivity contribution in [2.24, 2.45) is 11.8 Å². The lowest BCUT2D eigenvalue weighted by Gasteiger charge is -2.16. The van der Waals surface area contributed by atoms with E-state index in [0.717, 1.165) is 12.8 Å². The van der Waals surface area contributed by atoms with Crippen LogP contribution < -0.4 is 0 Å². The Kier molecular flexibility index (Phi) is 4.22. The molecule has 0 radical (unpaired) electrons. The minimum absolute atomic E-state index is 0.0476. The summed E-state index contributed by atoms with van der Waals surface area (Å²) in [5, 5.41) is 0. The van der Waals surface area contributed by atoms with Crippen LogP contribution in [0.2, 0.25) is 0 Å². The van der Waals surface area contributed by atoms with E-state index in [2.05, 4.69) is 0 Å². The average Bonchev–Trinajstić information content (AvgIpc) is 2.77. The molecule has 0 aromatic carbocycles. The van der Waals surface area contributed by atoms with E-state index in [0.29, 0.717) is 12.5 Å². The Morgan fingerprint density at radius 1 is 1.43 bits per heavy atom. The summed E-state index contributed by atoms with van der Waals surface area (Å²) in [5.41, 5.74) is 0. The Labute approximate surface area is 90.2 Å². The molecule has 0 N–H and O–H groups in total. The standard InChI is InChI=1S/C9H17ClO3S/c1-7(2)13-5-9(8-3-4-8)6-14(10,11)12/h7-9H,3-6H2,1-2H3. The molecule has 5 heteroatoms. The molecule has 3 nitrogen and oxygen atoms in total. The molecule has 0 aromatic heterocycles. The quantitative estimate of drug-likeness (QED) is 0.667. The largest absolute Gasteiger partial charge is 0.378 e. The lowest BCUT2D eigenvalue weighted by Crippen LogP contribution is -2.21. The van der Waals surface area contributed by atoms with Crippen molar-refractivity contribution < 1.29 is 13.2 Å². The minimum atomic E-state index is -3.38.